The maximum Gasteiger partial charge on any atom is 0.140 e. The maximum absolute atomic E-state index is 9.16. The molecule has 0 N–H and O–H groups in total. The van der Waals surface area contributed by atoms with Gasteiger partial charge in [-0.05, 0) is 18.6 Å². The fourth-order valence-electron chi connectivity index (χ4n) is 2.83. The number of nitrogens with zero attached hydrogens (tertiary/aromatic N) is 2. The van der Waals surface area contributed by atoms with Crippen LogP contribution in [0.15, 0.2) is 18.2 Å². The highest BCUT2D eigenvalue weighted by atomic mass is 16.5. The predicted molar refractivity (Wildman–Crippen MR) is 82.2 cm³/mol. The Morgan fingerprint density at radius 1 is 1.29 bits per heavy atom. The Bertz CT molecular complexity index is 500. The Hall–Kier alpha value is -1.57. The topological polar surface area (TPSA) is 42.2 Å². The monoisotopic (exact) mass is 289 g/mol. The quantitative estimate of drug-likeness (QED) is 0.800. The van der Waals surface area contributed by atoms with Crippen molar-refractivity contribution in [2.24, 2.45) is 0 Å². The zero-order chi connectivity index (χ0) is 15.1. The average molecular weight is 289 g/mol. The highest BCUT2D eigenvalue weighted by Gasteiger charge is 2.22. The number of ether oxygens (including phenoxy) is 2. The Morgan fingerprint density at radius 2 is 2.00 bits per heavy atom. The van der Waals surface area contributed by atoms with E-state index in [1.807, 2.05) is 25.1 Å². The van der Waals surface area contributed by atoms with E-state index in [1.165, 1.54) is 0 Å². The first-order chi connectivity index (χ1) is 10.1. The molecule has 2 rings (SSSR count). The lowest BCUT2D eigenvalue weighted by atomic mass is 10.1. The molecule has 1 aromatic carbocycles. The number of nitriles is 1. The second-order valence-electron chi connectivity index (χ2n) is 6.02. The zero-order valence-corrected chi connectivity index (χ0v) is 13.1. The molecule has 0 amide bonds. The molecule has 1 saturated heterocycles. The summed E-state index contributed by atoms with van der Waals surface area (Å²) in [5.41, 5.74) is 1.65. The number of likely N-dealkylation sites (N-methyl/N-ethyl adjacent to an activating group) is 1. The number of benzene rings is 1. The largest absolute Gasteiger partial charge is 0.486 e. The van der Waals surface area contributed by atoms with E-state index in [-0.39, 0.29) is 0 Å². The average Bonchev–Trinajstić information content (AvgIpc) is 2.45. The van der Waals surface area contributed by atoms with Crippen LogP contribution in [0.4, 0.5) is 0 Å². The molecule has 0 saturated carbocycles. The second-order valence-corrected chi connectivity index (χ2v) is 6.02. The van der Waals surface area contributed by atoms with E-state index in [0.717, 1.165) is 61.5 Å². The third-order valence-corrected chi connectivity index (χ3v) is 4.18. The van der Waals surface area contributed by atoms with Gasteiger partial charge in [0.2, 0.25) is 0 Å². The Morgan fingerprint density at radius 3 is 2.67 bits per heavy atom. The third kappa shape index (κ3) is 4.45. The fourth-order valence-corrected chi connectivity index (χ4v) is 2.83. The smallest absolute Gasteiger partial charge is 0.140 e. The summed E-state index contributed by atoms with van der Waals surface area (Å²) in [6, 6.07) is 7.90. The van der Waals surface area contributed by atoms with E-state index in [2.05, 4.69) is 13.1 Å². The van der Waals surface area contributed by atoms with Crippen LogP contribution in [0.5, 0.6) is 5.75 Å². The molecule has 0 unspecified atom stereocenters. The number of quaternary nitrogens is 1. The number of para-hydroxylation sites is 1. The summed E-state index contributed by atoms with van der Waals surface area (Å²) >= 11 is 0. The number of hydrogen-bond donors (Lipinski definition) is 0. The molecule has 1 aromatic rings. The lowest BCUT2D eigenvalue weighted by Crippen LogP contribution is -2.49. The summed E-state index contributed by atoms with van der Waals surface area (Å²) < 4.78 is 12.5. The van der Waals surface area contributed by atoms with E-state index < -0.39 is 0 Å². The van der Waals surface area contributed by atoms with Crippen LogP contribution in [0.3, 0.4) is 0 Å². The lowest BCUT2D eigenvalue weighted by molar-refractivity contribution is -0.910. The second kappa shape index (κ2) is 7.44. The van der Waals surface area contributed by atoms with Crippen molar-refractivity contribution in [3.8, 4) is 11.8 Å². The van der Waals surface area contributed by atoms with Crippen LogP contribution in [-0.4, -0.2) is 51.0 Å². The van der Waals surface area contributed by atoms with Gasteiger partial charge < -0.3 is 14.0 Å². The van der Waals surface area contributed by atoms with E-state index in [9.17, 15) is 0 Å². The van der Waals surface area contributed by atoms with Crippen molar-refractivity contribution < 1.29 is 14.0 Å². The molecule has 0 aromatic heterocycles. The Labute approximate surface area is 127 Å². The van der Waals surface area contributed by atoms with E-state index >= 15 is 0 Å². The molecule has 0 aliphatic carbocycles. The molecule has 114 valence electrons. The van der Waals surface area contributed by atoms with E-state index in [0.29, 0.717) is 12.2 Å². The van der Waals surface area contributed by atoms with E-state index in [4.69, 9.17) is 14.7 Å². The van der Waals surface area contributed by atoms with Crippen LogP contribution in [0.2, 0.25) is 0 Å². The molecule has 1 aliphatic heterocycles. The first-order valence-corrected chi connectivity index (χ1v) is 7.68. The molecule has 0 atom stereocenters. The fraction of sp³-hybridized carbons (Fsp3) is 0.588. The lowest BCUT2D eigenvalue weighted by Gasteiger charge is -2.36. The summed E-state index contributed by atoms with van der Waals surface area (Å²) in [7, 11) is 2.29. The van der Waals surface area contributed by atoms with Gasteiger partial charge in [-0.25, -0.2) is 0 Å². The molecular weight excluding hydrogens is 264 g/mol. The van der Waals surface area contributed by atoms with Gasteiger partial charge >= 0.3 is 0 Å². The first-order valence-electron chi connectivity index (χ1n) is 7.68. The van der Waals surface area contributed by atoms with Gasteiger partial charge in [0.25, 0.3) is 0 Å². The van der Waals surface area contributed by atoms with Gasteiger partial charge in [0.15, 0.2) is 0 Å². The van der Waals surface area contributed by atoms with Gasteiger partial charge in [0, 0.05) is 12.8 Å². The Balaban J connectivity index is 1.93. The standard InChI is InChI=1S/C17H25N2O2/c1-15-6-3-7-16(14-18)17(15)21-13-10-19(2)8-4-11-20-12-5-9-19/h3,6-7H,4-5,8-13H2,1-2H3/q+1. The molecule has 1 aliphatic rings. The first kappa shape index (κ1) is 15.8. The summed E-state index contributed by atoms with van der Waals surface area (Å²) in [6.07, 6.45) is 2.20. The molecule has 1 heterocycles. The van der Waals surface area contributed by atoms with Crippen LogP contribution in [-0.2, 0) is 4.74 Å². The minimum Gasteiger partial charge on any atom is -0.486 e. The summed E-state index contributed by atoms with van der Waals surface area (Å²) in [4.78, 5) is 0. The van der Waals surface area contributed by atoms with Gasteiger partial charge in [-0.1, -0.05) is 12.1 Å². The normalized spacial score (nSPS) is 18.3. The van der Waals surface area contributed by atoms with Crippen molar-refractivity contribution >= 4 is 0 Å². The van der Waals surface area contributed by atoms with E-state index in [1.54, 1.807) is 0 Å². The highest BCUT2D eigenvalue weighted by molar-refractivity contribution is 5.47. The zero-order valence-electron chi connectivity index (χ0n) is 13.1. The van der Waals surface area contributed by atoms with Crippen molar-refractivity contribution in [2.45, 2.75) is 19.8 Å². The van der Waals surface area contributed by atoms with Crippen LogP contribution in [0.1, 0.15) is 24.0 Å². The highest BCUT2D eigenvalue weighted by Crippen LogP contribution is 2.22. The van der Waals surface area contributed by atoms with Gasteiger partial charge in [-0.15, -0.1) is 0 Å². The molecule has 4 heteroatoms. The summed E-state index contributed by atoms with van der Waals surface area (Å²) in [5.74, 6) is 0.738. The predicted octanol–water partition coefficient (Wildman–Crippen LogP) is 2.50. The van der Waals surface area contributed by atoms with Crippen molar-refractivity contribution in [3.63, 3.8) is 0 Å². The SMILES string of the molecule is Cc1cccc(C#N)c1OCC[N+]1(C)CCCOCCC1. The van der Waals surface area contributed by atoms with Gasteiger partial charge in [-0.3, -0.25) is 0 Å². The van der Waals surface area contributed by atoms with Crippen LogP contribution in [0, 0.1) is 18.3 Å². The minimum atomic E-state index is 0.624. The molecule has 4 nitrogen and oxygen atoms in total. The minimum absolute atomic E-state index is 0.624. The number of hydrogen-bond acceptors (Lipinski definition) is 3. The van der Waals surface area contributed by atoms with Gasteiger partial charge in [0.1, 0.15) is 25.0 Å². The number of aryl methyl sites for hydroxylation is 1. The maximum atomic E-state index is 9.16. The molecular formula is C17H25N2O2+. The third-order valence-electron chi connectivity index (χ3n) is 4.18. The van der Waals surface area contributed by atoms with Crippen molar-refractivity contribution in [1.29, 1.82) is 5.26 Å². The van der Waals surface area contributed by atoms with Gasteiger partial charge in [-0.2, -0.15) is 5.26 Å². The van der Waals surface area contributed by atoms with Crippen LogP contribution < -0.4 is 4.74 Å². The molecule has 0 spiro atoms. The van der Waals surface area contributed by atoms with Crippen molar-refractivity contribution in [2.75, 3.05) is 46.5 Å². The number of rotatable bonds is 4. The molecule has 0 radical (unpaired) electrons. The Kier molecular flexibility index (Phi) is 5.60. The van der Waals surface area contributed by atoms with Crippen LogP contribution in [0.25, 0.3) is 0 Å². The van der Waals surface area contributed by atoms with Crippen molar-refractivity contribution in [1.82, 2.24) is 0 Å². The molecule has 0 bridgehead atoms. The van der Waals surface area contributed by atoms with Crippen molar-refractivity contribution in [3.05, 3.63) is 29.3 Å². The summed E-state index contributed by atoms with van der Waals surface area (Å²) in [5, 5.41) is 9.16. The molecule has 1 fully saturated rings. The van der Waals surface area contributed by atoms with Crippen LogP contribution >= 0.6 is 0 Å². The summed E-state index contributed by atoms with van der Waals surface area (Å²) in [6.45, 7) is 7.59. The van der Waals surface area contributed by atoms with Gasteiger partial charge in [0.05, 0.1) is 38.9 Å². The molecule has 21 heavy (non-hydrogen) atoms.